The third-order valence-corrected chi connectivity index (χ3v) is 5.75. The summed E-state index contributed by atoms with van der Waals surface area (Å²) in [6.45, 7) is 7.41. The van der Waals surface area contributed by atoms with Gasteiger partial charge in [0.05, 0.1) is 12.0 Å². The molecule has 1 heterocycles. The highest BCUT2D eigenvalue weighted by molar-refractivity contribution is 8.18. The maximum atomic E-state index is 12.7. The molecule has 156 valence electrons. The molecule has 1 N–H and O–H groups in total. The van der Waals surface area contributed by atoms with E-state index in [9.17, 15) is 14.4 Å². The van der Waals surface area contributed by atoms with Crippen molar-refractivity contribution in [2.75, 3.05) is 19.0 Å². The molecule has 0 unspecified atom stereocenters. The number of nitrogens with zero attached hydrogens (tertiary/aromatic N) is 1. The monoisotopic (exact) mass is 424 g/mol. The van der Waals surface area contributed by atoms with Crippen molar-refractivity contribution in [3.05, 3.63) is 63.1 Å². The zero-order valence-corrected chi connectivity index (χ0v) is 18.5. The minimum atomic E-state index is -0.475. The fraction of sp³-hybridized carbons (Fsp3) is 0.261. The van der Waals surface area contributed by atoms with E-state index < -0.39 is 17.1 Å². The lowest BCUT2D eigenvalue weighted by atomic mass is 10.1. The molecule has 0 atom stereocenters. The van der Waals surface area contributed by atoms with E-state index in [0.717, 1.165) is 44.5 Å². The summed E-state index contributed by atoms with van der Waals surface area (Å²) in [7, 11) is 1.58. The van der Waals surface area contributed by atoms with Crippen LogP contribution in [0.5, 0.6) is 5.75 Å². The molecule has 1 saturated heterocycles. The van der Waals surface area contributed by atoms with Crippen LogP contribution in [0, 0.1) is 27.7 Å². The predicted molar refractivity (Wildman–Crippen MR) is 120 cm³/mol. The Morgan fingerprint density at radius 3 is 2.37 bits per heavy atom. The van der Waals surface area contributed by atoms with E-state index >= 15 is 0 Å². The lowest BCUT2D eigenvalue weighted by Crippen LogP contribution is -2.36. The molecule has 0 spiro atoms. The van der Waals surface area contributed by atoms with Crippen LogP contribution >= 0.6 is 11.8 Å². The van der Waals surface area contributed by atoms with Gasteiger partial charge >= 0.3 is 0 Å². The molecule has 2 aromatic rings. The normalized spacial score (nSPS) is 15.1. The highest BCUT2D eigenvalue weighted by Crippen LogP contribution is 2.33. The zero-order chi connectivity index (χ0) is 22.0. The average Bonchev–Trinajstić information content (AvgIpc) is 2.93. The molecule has 0 radical (unpaired) electrons. The Morgan fingerprint density at radius 2 is 1.73 bits per heavy atom. The van der Waals surface area contributed by atoms with Crippen LogP contribution in [0.1, 0.15) is 27.8 Å². The minimum Gasteiger partial charge on any atom is -0.496 e. The van der Waals surface area contributed by atoms with E-state index in [1.54, 1.807) is 19.3 Å². The number of hydrogen-bond donors (Lipinski definition) is 1. The molecule has 6 nitrogen and oxygen atoms in total. The van der Waals surface area contributed by atoms with Gasteiger partial charge in [0.25, 0.3) is 11.1 Å². The SMILES string of the molecule is COc1cc(/C=C2/SC(=O)N(CC(=O)Nc3c(C)cc(C)cc3C)C2=O)ccc1C. The first-order valence-electron chi connectivity index (χ1n) is 9.47. The number of hydrogen-bond acceptors (Lipinski definition) is 5. The second kappa shape index (κ2) is 8.75. The quantitative estimate of drug-likeness (QED) is 0.710. The highest BCUT2D eigenvalue weighted by Gasteiger charge is 2.36. The molecule has 2 aromatic carbocycles. The number of carbonyl (C=O) groups is 3. The van der Waals surface area contributed by atoms with Crippen molar-refractivity contribution in [3.8, 4) is 5.75 Å². The fourth-order valence-corrected chi connectivity index (χ4v) is 4.25. The Kier molecular flexibility index (Phi) is 6.31. The van der Waals surface area contributed by atoms with Crippen LogP contribution < -0.4 is 10.1 Å². The van der Waals surface area contributed by atoms with Gasteiger partial charge in [-0.15, -0.1) is 0 Å². The number of thioether (sulfide) groups is 1. The summed E-state index contributed by atoms with van der Waals surface area (Å²) >= 11 is 0.829. The van der Waals surface area contributed by atoms with Crippen molar-refractivity contribution in [3.63, 3.8) is 0 Å². The summed E-state index contributed by atoms with van der Waals surface area (Å²) in [5, 5.41) is 2.37. The Labute approximate surface area is 180 Å². The topological polar surface area (TPSA) is 75.7 Å². The largest absolute Gasteiger partial charge is 0.496 e. The van der Waals surface area contributed by atoms with Gasteiger partial charge in [0.2, 0.25) is 5.91 Å². The van der Waals surface area contributed by atoms with Crippen LogP contribution in [0.15, 0.2) is 35.2 Å². The van der Waals surface area contributed by atoms with Gasteiger partial charge in [-0.3, -0.25) is 19.3 Å². The molecule has 0 aromatic heterocycles. The number of imide groups is 1. The van der Waals surface area contributed by atoms with E-state index in [-0.39, 0.29) is 11.4 Å². The molecule has 1 fully saturated rings. The van der Waals surface area contributed by atoms with Crippen LogP contribution in [0.2, 0.25) is 0 Å². The van der Waals surface area contributed by atoms with Crippen LogP contribution in [0.25, 0.3) is 6.08 Å². The predicted octanol–water partition coefficient (Wildman–Crippen LogP) is 4.60. The molecule has 0 bridgehead atoms. The number of benzene rings is 2. The molecule has 1 aliphatic rings. The second-order valence-corrected chi connectivity index (χ2v) is 8.31. The number of ether oxygens (including phenoxy) is 1. The summed E-state index contributed by atoms with van der Waals surface area (Å²) in [5.41, 5.74) is 5.40. The lowest BCUT2D eigenvalue weighted by molar-refractivity contribution is -0.127. The number of rotatable bonds is 5. The molecule has 1 aliphatic heterocycles. The van der Waals surface area contributed by atoms with Crippen molar-refractivity contribution in [1.82, 2.24) is 4.90 Å². The summed E-state index contributed by atoms with van der Waals surface area (Å²) in [5.74, 6) is -0.186. The van der Waals surface area contributed by atoms with Gasteiger partial charge in [-0.05, 0) is 73.9 Å². The first kappa shape index (κ1) is 21.6. The number of amides is 3. The standard InChI is InChI=1S/C23H24N2O4S/c1-13-8-15(3)21(16(4)9-13)24-20(26)12-25-22(27)19(30-23(25)28)11-17-7-6-14(2)18(10-17)29-5/h6-11H,12H2,1-5H3,(H,24,26)/b19-11+. The Bertz CT molecular complexity index is 1050. The Morgan fingerprint density at radius 1 is 1.07 bits per heavy atom. The maximum absolute atomic E-state index is 12.7. The van der Waals surface area contributed by atoms with Crippen LogP contribution in [0.3, 0.4) is 0 Å². The van der Waals surface area contributed by atoms with E-state index in [0.29, 0.717) is 11.4 Å². The molecular formula is C23H24N2O4S. The third-order valence-electron chi connectivity index (χ3n) is 4.85. The Hall–Kier alpha value is -3.06. The second-order valence-electron chi connectivity index (χ2n) is 7.32. The first-order chi connectivity index (χ1) is 14.2. The number of aryl methyl sites for hydroxylation is 4. The smallest absolute Gasteiger partial charge is 0.294 e. The molecule has 0 saturated carbocycles. The third kappa shape index (κ3) is 4.57. The Balaban J connectivity index is 1.74. The van der Waals surface area contributed by atoms with Gasteiger partial charge in [-0.1, -0.05) is 29.8 Å². The van der Waals surface area contributed by atoms with Crippen molar-refractivity contribution >= 4 is 40.6 Å². The van der Waals surface area contributed by atoms with Crippen molar-refractivity contribution in [1.29, 1.82) is 0 Å². The highest BCUT2D eigenvalue weighted by atomic mass is 32.2. The number of anilines is 1. The van der Waals surface area contributed by atoms with Gasteiger partial charge in [-0.2, -0.15) is 0 Å². The van der Waals surface area contributed by atoms with Crippen molar-refractivity contribution in [2.24, 2.45) is 0 Å². The van der Waals surface area contributed by atoms with Gasteiger partial charge in [0.1, 0.15) is 12.3 Å². The zero-order valence-electron chi connectivity index (χ0n) is 17.7. The summed E-state index contributed by atoms with van der Waals surface area (Å²) < 4.78 is 5.30. The molecular weight excluding hydrogens is 400 g/mol. The molecule has 7 heteroatoms. The van der Waals surface area contributed by atoms with E-state index in [4.69, 9.17) is 4.74 Å². The summed E-state index contributed by atoms with van der Waals surface area (Å²) in [6, 6.07) is 9.48. The van der Waals surface area contributed by atoms with E-state index in [1.807, 2.05) is 52.0 Å². The first-order valence-corrected chi connectivity index (χ1v) is 10.3. The van der Waals surface area contributed by atoms with Crippen LogP contribution in [0.4, 0.5) is 10.5 Å². The van der Waals surface area contributed by atoms with E-state index in [1.165, 1.54) is 0 Å². The average molecular weight is 425 g/mol. The molecule has 0 aliphatic carbocycles. The maximum Gasteiger partial charge on any atom is 0.294 e. The summed E-state index contributed by atoms with van der Waals surface area (Å²) in [4.78, 5) is 38.8. The van der Waals surface area contributed by atoms with Crippen LogP contribution in [-0.4, -0.2) is 35.6 Å². The molecule has 3 rings (SSSR count). The van der Waals surface area contributed by atoms with Gasteiger partial charge in [0, 0.05) is 5.69 Å². The number of methoxy groups -OCH3 is 1. The fourth-order valence-electron chi connectivity index (χ4n) is 3.41. The van der Waals surface area contributed by atoms with Gasteiger partial charge < -0.3 is 10.1 Å². The van der Waals surface area contributed by atoms with Gasteiger partial charge in [0.15, 0.2) is 0 Å². The van der Waals surface area contributed by atoms with Gasteiger partial charge in [-0.25, -0.2) is 0 Å². The van der Waals surface area contributed by atoms with Crippen LogP contribution in [-0.2, 0) is 9.59 Å². The lowest BCUT2D eigenvalue weighted by Gasteiger charge is -2.15. The summed E-state index contributed by atoms with van der Waals surface area (Å²) in [6.07, 6.45) is 1.64. The number of nitrogens with one attached hydrogen (secondary N) is 1. The van der Waals surface area contributed by atoms with E-state index in [2.05, 4.69) is 5.32 Å². The molecule has 30 heavy (non-hydrogen) atoms. The van der Waals surface area contributed by atoms with Crippen molar-refractivity contribution in [2.45, 2.75) is 27.7 Å². The van der Waals surface area contributed by atoms with Crippen molar-refractivity contribution < 1.29 is 19.1 Å². The molecule has 3 amide bonds. The minimum absolute atomic E-state index is 0.279. The number of carbonyl (C=O) groups excluding carboxylic acids is 3.